The van der Waals surface area contributed by atoms with E-state index in [0.717, 1.165) is 4.47 Å². The first-order valence-corrected chi connectivity index (χ1v) is 8.51. The molecule has 1 nitrogen and oxygen atoms in total. The zero-order chi connectivity index (χ0) is 15.2. The van der Waals surface area contributed by atoms with Crippen LogP contribution in [0.5, 0.6) is 0 Å². The van der Waals surface area contributed by atoms with Crippen molar-refractivity contribution in [2.45, 2.75) is 46.1 Å². The van der Waals surface area contributed by atoms with Gasteiger partial charge in [0.15, 0.2) is 0 Å². The highest BCUT2D eigenvalue weighted by molar-refractivity contribution is 9.10. The fraction of sp³-hybridized carbons (Fsp3) is 0.368. The van der Waals surface area contributed by atoms with Gasteiger partial charge in [-0.3, -0.25) is 0 Å². The zero-order valence-corrected chi connectivity index (χ0v) is 14.7. The van der Waals surface area contributed by atoms with Crippen molar-refractivity contribution in [2.24, 2.45) is 0 Å². The number of aryl methyl sites for hydroxylation is 2. The Balaban J connectivity index is 2.04. The van der Waals surface area contributed by atoms with Crippen LogP contribution in [0.15, 0.2) is 46.9 Å². The summed E-state index contributed by atoms with van der Waals surface area (Å²) < 4.78 is 1.12. The van der Waals surface area contributed by atoms with Crippen LogP contribution in [0.3, 0.4) is 0 Å². The molecule has 1 atom stereocenters. The van der Waals surface area contributed by atoms with Crippen molar-refractivity contribution in [2.75, 3.05) is 5.32 Å². The predicted octanol–water partition coefficient (Wildman–Crippen LogP) is 6.27. The summed E-state index contributed by atoms with van der Waals surface area (Å²) in [6.45, 7) is 6.58. The number of unbranched alkanes of at least 4 members (excludes halogenated alkanes) is 1. The third kappa shape index (κ3) is 4.60. The molecule has 2 aromatic rings. The highest BCUT2D eigenvalue weighted by atomic mass is 79.9. The van der Waals surface area contributed by atoms with Crippen LogP contribution < -0.4 is 5.32 Å². The third-order valence-corrected chi connectivity index (χ3v) is 4.35. The Bertz CT molecular complexity index is 575. The zero-order valence-electron chi connectivity index (χ0n) is 13.1. The Hall–Kier alpha value is -1.28. The van der Waals surface area contributed by atoms with Gasteiger partial charge >= 0.3 is 0 Å². The van der Waals surface area contributed by atoms with Gasteiger partial charge in [-0.25, -0.2) is 0 Å². The lowest BCUT2D eigenvalue weighted by atomic mass is 10.0. The highest BCUT2D eigenvalue weighted by Crippen LogP contribution is 2.25. The Labute approximate surface area is 136 Å². The van der Waals surface area contributed by atoms with Gasteiger partial charge in [0.2, 0.25) is 0 Å². The van der Waals surface area contributed by atoms with Crippen molar-refractivity contribution >= 4 is 21.6 Å². The van der Waals surface area contributed by atoms with Crippen LogP contribution in [0.2, 0.25) is 0 Å². The van der Waals surface area contributed by atoms with Gasteiger partial charge in [-0.1, -0.05) is 53.5 Å². The normalized spacial score (nSPS) is 12.2. The molecule has 2 rings (SSSR count). The van der Waals surface area contributed by atoms with Crippen molar-refractivity contribution in [1.29, 1.82) is 0 Å². The fourth-order valence-corrected chi connectivity index (χ4v) is 2.94. The van der Waals surface area contributed by atoms with Crippen LogP contribution in [0.25, 0.3) is 0 Å². The Morgan fingerprint density at radius 1 is 1.10 bits per heavy atom. The first-order valence-electron chi connectivity index (χ1n) is 7.71. The summed E-state index contributed by atoms with van der Waals surface area (Å²) in [5.41, 5.74) is 5.22. The number of anilines is 1. The van der Waals surface area contributed by atoms with Gasteiger partial charge in [-0.2, -0.15) is 0 Å². The maximum atomic E-state index is 3.60. The summed E-state index contributed by atoms with van der Waals surface area (Å²) in [4.78, 5) is 0. The Kier molecular flexibility index (Phi) is 5.86. The molecule has 2 heteroatoms. The first-order chi connectivity index (χ1) is 10.1. The summed E-state index contributed by atoms with van der Waals surface area (Å²) in [5, 5.41) is 3.60. The van der Waals surface area contributed by atoms with Crippen molar-refractivity contribution in [1.82, 2.24) is 0 Å². The van der Waals surface area contributed by atoms with Gasteiger partial charge in [0.05, 0.1) is 0 Å². The Morgan fingerprint density at radius 2 is 1.81 bits per heavy atom. The van der Waals surface area contributed by atoms with E-state index < -0.39 is 0 Å². The monoisotopic (exact) mass is 345 g/mol. The topological polar surface area (TPSA) is 12.0 Å². The number of rotatable bonds is 6. The first kappa shape index (κ1) is 16.1. The van der Waals surface area contributed by atoms with Crippen LogP contribution in [-0.4, -0.2) is 0 Å². The largest absolute Gasteiger partial charge is 0.378 e. The highest BCUT2D eigenvalue weighted by Gasteiger charge is 2.07. The average molecular weight is 346 g/mol. The number of nitrogens with one attached hydrogen (secondary N) is 1. The van der Waals surface area contributed by atoms with Crippen molar-refractivity contribution in [3.63, 3.8) is 0 Å². The van der Waals surface area contributed by atoms with E-state index in [1.54, 1.807) is 0 Å². The molecule has 0 radical (unpaired) electrons. The molecule has 0 spiro atoms. The third-order valence-electron chi connectivity index (χ3n) is 3.86. The van der Waals surface area contributed by atoms with Crippen LogP contribution in [-0.2, 0) is 6.42 Å². The van der Waals surface area contributed by atoms with Crippen LogP contribution in [0.4, 0.5) is 5.69 Å². The summed E-state index contributed by atoms with van der Waals surface area (Å²) in [5.74, 6) is 0. The number of benzene rings is 2. The molecule has 1 unspecified atom stereocenters. The molecule has 1 N–H and O–H groups in total. The van der Waals surface area contributed by atoms with Crippen molar-refractivity contribution in [3.8, 4) is 0 Å². The SMILES string of the molecule is CCCCc1ccc(C(C)Nc2ccc(Br)cc2C)cc1. The molecule has 0 aliphatic rings. The van der Waals surface area contributed by atoms with Gasteiger partial charge in [-0.05, 0) is 61.6 Å². The molecule has 0 saturated heterocycles. The lowest BCUT2D eigenvalue weighted by Crippen LogP contribution is -2.07. The van der Waals surface area contributed by atoms with Crippen LogP contribution in [0, 0.1) is 6.92 Å². The smallest absolute Gasteiger partial charge is 0.0485 e. The maximum Gasteiger partial charge on any atom is 0.0485 e. The number of hydrogen-bond acceptors (Lipinski definition) is 1. The minimum Gasteiger partial charge on any atom is -0.378 e. The second kappa shape index (κ2) is 7.65. The molecular formula is C19H24BrN. The van der Waals surface area contributed by atoms with E-state index in [1.165, 1.54) is 41.6 Å². The minimum atomic E-state index is 0.310. The lowest BCUT2D eigenvalue weighted by Gasteiger charge is -2.18. The van der Waals surface area contributed by atoms with Gasteiger partial charge in [0.25, 0.3) is 0 Å². The van der Waals surface area contributed by atoms with E-state index in [-0.39, 0.29) is 0 Å². The van der Waals surface area contributed by atoms with Gasteiger partial charge < -0.3 is 5.32 Å². The summed E-state index contributed by atoms with van der Waals surface area (Å²) in [6.07, 6.45) is 3.71. The van der Waals surface area contributed by atoms with Crippen LogP contribution in [0.1, 0.15) is 49.4 Å². The van der Waals surface area contributed by atoms with E-state index in [2.05, 4.69) is 84.5 Å². The van der Waals surface area contributed by atoms with E-state index in [9.17, 15) is 0 Å². The fourth-order valence-electron chi connectivity index (χ4n) is 2.46. The lowest BCUT2D eigenvalue weighted by molar-refractivity contribution is 0.793. The minimum absolute atomic E-state index is 0.310. The molecule has 112 valence electrons. The molecular weight excluding hydrogens is 322 g/mol. The van der Waals surface area contributed by atoms with E-state index in [1.807, 2.05) is 0 Å². The molecule has 0 aliphatic heterocycles. The number of hydrogen-bond donors (Lipinski definition) is 1. The van der Waals surface area contributed by atoms with Crippen LogP contribution >= 0.6 is 15.9 Å². The summed E-state index contributed by atoms with van der Waals surface area (Å²) in [7, 11) is 0. The van der Waals surface area contributed by atoms with Crippen molar-refractivity contribution < 1.29 is 0 Å². The molecule has 0 fully saturated rings. The number of halogens is 1. The van der Waals surface area contributed by atoms with Gasteiger partial charge in [0, 0.05) is 16.2 Å². The standard InChI is InChI=1S/C19H24BrN/c1-4-5-6-16-7-9-17(10-8-16)15(3)21-19-12-11-18(20)13-14(19)2/h7-13,15,21H,4-6H2,1-3H3. The molecule has 0 aliphatic carbocycles. The molecule has 0 bridgehead atoms. The molecule has 21 heavy (non-hydrogen) atoms. The van der Waals surface area contributed by atoms with Gasteiger partial charge in [-0.15, -0.1) is 0 Å². The molecule has 0 heterocycles. The summed E-state index contributed by atoms with van der Waals surface area (Å²) in [6, 6.07) is 15.7. The maximum absolute atomic E-state index is 3.60. The average Bonchev–Trinajstić information content (AvgIpc) is 2.48. The second-order valence-corrected chi connectivity index (χ2v) is 6.59. The Morgan fingerprint density at radius 3 is 2.43 bits per heavy atom. The van der Waals surface area contributed by atoms with Gasteiger partial charge in [0.1, 0.15) is 0 Å². The molecule has 2 aromatic carbocycles. The predicted molar refractivity (Wildman–Crippen MR) is 96.0 cm³/mol. The summed E-state index contributed by atoms with van der Waals surface area (Å²) >= 11 is 3.51. The molecule has 0 saturated carbocycles. The van der Waals surface area contributed by atoms with E-state index in [4.69, 9.17) is 0 Å². The molecule has 0 amide bonds. The van der Waals surface area contributed by atoms with Crippen molar-refractivity contribution in [3.05, 3.63) is 63.6 Å². The quantitative estimate of drug-likeness (QED) is 0.650. The van der Waals surface area contributed by atoms with E-state index >= 15 is 0 Å². The molecule has 0 aromatic heterocycles. The second-order valence-electron chi connectivity index (χ2n) is 5.67. The van der Waals surface area contributed by atoms with E-state index in [0.29, 0.717) is 6.04 Å².